The fourth-order valence-corrected chi connectivity index (χ4v) is 4.10. The number of rotatable bonds is 4. The van der Waals surface area contributed by atoms with Gasteiger partial charge in [-0.25, -0.2) is 9.78 Å². The summed E-state index contributed by atoms with van der Waals surface area (Å²) in [6, 6.07) is 8.57. The zero-order valence-corrected chi connectivity index (χ0v) is 16.3. The Morgan fingerprint density at radius 1 is 1.21 bits per heavy atom. The van der Waals surface area contributed by atoms with Gasteiger partial charge in [0.15, 0.2) is 11.5 Å². The number of amides is 3. The molecule has 3 aromatic rings. The van der Waals surface area contributed by atoms with Gasteiger partial charge < -0.3 is 19.2 Å². The predicted octanol–water partition coefficient (Wildman–Crippen LogP) is 3.14. The lowest BCUT2D eigenvalue weighted by atomic mass is 9.91. The summed E-state index contributed by atoms with van der Waals surface area (Å²) in [5.41, 5.74) is -0.0712. The summed E-state index contributed by atoms with van der Waals surface area (Å²) in [5, 5.41) is 4.72. The number of thiophene rings is 1. The van der Waals surface area contributed by atoms with Crippen molar-refractivity contribution in [1.82, 2.24) is 15.2 Å². The summed E-state index contributed by atoms with van der Waals surface area (Å²) < 4.78 is 16.6. The average molecular weight is 411 g/mol. The van der Waals surface area contributed by atoms with E-state index < -0.39 is 11.6 Å². The van der Waals surface area contributed by atoms with Crippen LogP contribution in [0.2, 0.25) is 0 Å². The van der Waals surface area contributed by atoms with Crippen LogP contribution in [0, 0.1) is 0 Å². The van der Waals surface area contributed by atoms with Crippen molar-refractivity contribution in [1.29, 1.82) is 0 Å². The predicted molar refractivity (Wildman–Crippen MR) is 104 cm³/mol. The molecule has 29 heavy (non-hydrogen) atoms. The second kappa shape index (κ2) is 6.63. The van der Waals surface area contributed by atoms with Crippen molar-refractivity contribution in [2.75, 3.05) is 13.2 Å². The molecule has 0 spiro atoms. The van der Waals surface area contributed by atoms with Crippen molar-refractivity contribution >= 4 is 23.3 Å². The van der Waals surface area contributed by atoms with Crippen LogP contribution in [0.1, 0.15) is 18.2 Å². The molecule has 9 heteroatoms. The smallest absolute Gasteiger partial charge is 0.325 e. The van der Waals surface area contributed by atoms with E-state index in [2.05, 4.69) is 10.3 Å². The van der Waals surface area contributed by atoms with Crippen LogP contribution >= 0.6 is 11.3 Å². The van der Waals surface area contributed by atoms with E-state index in [0.717, 1.165) is 9.78 Å². The number of oxazole rings is 1. The summed E-state index contributed by atoms with van der Waals surface area (Å²) in [6.07, 6.45) is 1.47. The van der Waals surface area contributed by atoms with Crippen molar-refractivity contribution in [2.24, 2.45) is 0 Å². The van der Waals surface area contributed by atoms with Gasteiger partial charge in [-0.05, 0) is 36.1 Å². The molecule has 2 aliphatic rings. The lowest BCUT2D eigenvalue weighted by molar-refractivity contribution is -0.131. The SMILES string of the molecule is CC1(c2ccc3c(c2)OCCO3)NC(=O)N(Cc2coc(-c3cccs3)n2)C1=O. The highest BCUT2D eigenvalue weighted by molar-refractivity contribution is 7.13. The number of hydrogen-bond acceptors (Lipinski definition) is 7. The van der Waals surface area contributed by atoms with Crippen molar-refractivity contribution in [2.45, 2.75) is 19.0 Å². The zero-order chi connectivity index (χ0) is 20.0. The molecule has 0 radical (unpaired) electrons. The first-order chi connectivity index (χ1) is 14.0. The highest BCUT2D eigenvalue weighted by Crippen LogP contribution is 2.37. The number of urea groups is 1. The van der Waals surface area contributed by atoms with E-state index in [1.165, 1.54) is 17.6 Å². The fourth-order valence-electron chi connectivity index (χ4n) is 3.45. The van der Waals surface area contributed by atoms with Gasteiger partial charge in [0.1, 0.15) is 25.0 Å². The number of carbonyl (C=O) groups is 2. The number of ether oxygens (including phenoxy) is 2. The topological polar surface area (TPSA) is 93.9 Å². The highest BCUT2D eigenvalue weighted by Gasteiger charge is 2.49. The maximum absolute atomic E-state index is 13.2. The van der Waals surface area contributed by atoms with Gasteiger partial charge in [-0.2, -0.15) is 0 Å². The molecule has 8 nitrogen and oxygen atoms in total. The molecule has 4 heterocycles. The van der Waals surface area contributed by atoms with E-state index in [1.54, 1.807) is 25.1 Å². The maximum atomic E-state index is 13.2. The Balaban J connectivity index is 1.39. The maximum Gasteiger partial charge on any atom is 0.325 e. The minimum absolute atomic E-state index is 0.0275. The lowest BCUT2D eigenvalue weighted by Gasteiger charge is -2.25. The van der Waals surface area contributed by atoms with Crippen molar-refractivity contribution in [3.05, 3.63) is 53.2 Å². The van der Waals surface area contributed by atoms with Gasteiger partial charge in [0.05, 0.1) is 17.1 Å². The molecule has 3 amide bonds. The molecule has 1 fully saturated rings. The van der Waals surface area contributed by atoms with E-state index in [4.69, 9.17) is 13.9 Å². The quantitative estimate of drug-likeness (QED) is 0.663. The largest absolute Gasteiger partial charge is 0.486 e. The number of benzene rings is 1. The van der Waals surface area contributed by atoms with Crippen LogP contribution in [0.4, 0.5) is 4.79 Å². The number of fused-ring (bicyclic) bond motifs is 1. The standard InChI is InChI=1S/C20H17N3O5S/c1-20(12-4-5-14-15(9-12)27-7-6-26-14)18(24)23(19(25)22-20)10-13-11-28-17(21-13)16-3-2-8-29-16/h2-5,8-9,11H,6-7,10H2,1H3,(H,22,25). The molecule has 1 unspecified atom stereocenters. The second-order valence-corrected chi connectivity index (χ2v) is 7.87. The molecule has 5 rings (SSSR count). The van der Waals surface area contributed by atoms with E-state index >= 15 is 0 Å². The first-order valence-corrected chi connectivity index (χ1v) is 9.95. The van der Waals surface area contributed by atoms with Crippen LogP contribution < -0.4 is 14.8 Å². The summed E-state index contributed by atoms with van der Waals surface area (Å²) in [5.74, 6) is 1.30. The van der Waals surface area contributed by atoms with Gasteiger partial charge in [0.2, 0.25) is 5.89 Å². The molecule has 1 N–H and O–H groups in total. The average Bonchev–Trinajstić information content (AvgIpc) is 3.46. The van der Waals surface area contributed by atoms with Crippen molar-refractivity contribution < 1.29 is 23.5 Å². The van der Waals surface area contributed by atoms with Crippen LogP contribution in [-0.4, -0.2) is 35.0 Å². The molecular weight excluding hydrogens is 394 g/mol. The van der Waals surface area contributed by atoms with Gasteiger partial charge in [0, 0.05) is 0 Å². The molecule has 0 saturated carbocycles. The number of carbonyl (C=O) groups excluding carboxylic acids is 2. The van der Waals surface area contributed by atoms with Crippen LogP contribution in [0.5, 0.6) is 11.5 Å². The van der Waals surface area contributed by atoms with E-state index in [1.807, 2.05) is 17.5 Å². The lowest BCUT2D eigenvalue weighted by Crippen LogP contribution is -2.41. The number of imide groups is 1. The second-order valence-electron chi connectivity index (χ2n) is 6.93. The van der Waals surface area contributed by atoms with E-state index in [-0.39, 0.29) is 12.5 Å². The summed E-state index contributed by atoms with van der Waals surface area (Å²) in [6.45, 7) is 2.63. The van der Waals surface area contributed by atoms with Crippen LogP contribution in [0.3, 0.4) is 0 Å². The fraction of sp³-hybridized carbons (Fsp3) is 0.250. The number of nitrogens with one attached hydrogen (secondary N) is 1. The number of hydrogen-bond donors (Lipinski definition) is 1. The molecule has 148 valence electrons. The number of nitrogens with zero attached hydrogens (tertiary/aromatic N) is 2. The Bertz CT molecular complexity index is 1090. The molecule has 0 bridgehead atoms. The Hall–Kier alpha value is -3.33. The first kappa shape index (κ1) is 17.7. The minimum Gasteiger partial charge on any atom is -0.486 e. The zero-order valence-electron chi connectivity index (χ0n) is 15.5. The summed E-state index contributed by atoms with van der Waals surface area (Å²) in [4.78, 5) is 32.2. The van der Waals surface area contributed by atoms with Crippen LogP contribution in [-0.2, 0) is 16.9 Å². The van der Waals surface area contributed by atoms with E-state index in [9.17, 15) is 9.59 Å². The molecule has 0 aliphatic carbocycles. The Morgan fingerprint density at radius 3 is 2.83 bits per heavy atom. The third kappa shape index (κ3) is 2.94. The van der Waals surface area contributed by atoms with Crippen molar-refractivity contribution in [3.63, 3.8) is 0 Å². The van der Waals surface area contributed by atoms with Gasteiger partial charge in [-0.1, -0.05) is 12.1 Å². The van der Waals surface area contributed by atoms with Gasteiger partial charge in [0.25, 0.3) is 5.91 Å². The minimum atomic E-state index is -1.20. The molecule has 1 aromatic carbocycles. The summed E-state index contributed by atoms with van der Waals surface area (Å²) >= 11 is 1.50. The van der Waals surface area contributed by atoms with Crippen LogP contribution in [0.15, 0.2) is 46.4 Å². The Labute approximate surface area is 170 Å². The first-order valence-electron chi connectivity index (χ1n) is 9.07. The highest BCUT2D eigenvalue weighted by atomic mass is 32.1. The Kier molecular flexibility index (Phi) is 4.06. The van der Waals surface area contributed by atoms with Gasteiger partial charge in [-0.15, -0.1) is 11.3 Å². The third-order valence-electron chi connectivity index (χ3n) is 5.00. The molecular formula is C20H17N3O5S. The van der Waals surface area contributed by atoms with Gasteiger partial charge in [-0.3, -0.25) is 9.69 Å². The summed E-state index contributed by atoms with van der Waals surface area (Å²) in [7, 11) is 0. The van der Waals surface area contributed by atoms with Gasteiger partial charge >= 0.3 is 6.03 Å². The van der Waals surface area contributed by atoms with Crippen molar-refractivity contribution in [3.8, 4) is 22.3 Å². The molecule has 2 aromatic heterocycles. The number of aromatic nitrogens is 1. The molecule has 1 saturated heterocycles. The molecule has 2 aliphatic heterocycles. The monoisotopic (exact) mass is 411 g/mol. The van der Waals surface area contributed by atoms with Crippen LogP contribution in [0.25, 0.3) is 10.8 Å². The molecule has 1 atom stereocenters. The third-order valence-corrected chi connectivity index (χ3v) is 5.86. The Morgan fingerprint density at radius 2 is 2.03 bits per heavy atom. The van der Waals surface area contributed by atoms with E-state index in [0.29, 0.717) is 41.9 Å². The normalized spacial score (nSPS) is 20.8.